The van der Waals surface area contributed by atoms with Gasteiger partial charge in [0.1, 0.15) is 0 Å². The first-order chi connectivity index (χ1) is 17.3. The quantitative estimate of drug-likeness (QED) is 0.322. The number of hydrogen-bond donors (Lipinski definition) is 4. The Balaban J connectivity index is 1.75. The molecule has 1 aromatic rings. The lowest BCUT2D eigenvalue weighted by Gasteiger charge is -2.43. The van der Waals surface area contributed by atoms with Crippen LogP contribution in [0.1, 0.15) is 63.4 Å². The maximum Gasteiger partial charge on any atom is 0.317 e. The van der Waals surface area contributed by atoms with Crippen molar-refractivity contribution in [2.45, 2.75) is 75.5 Å². The Labute approximate surface area is 213 Å². The monoisotopic (exact) mass is 511 g/mol. The lowest BCUT2D eigenvalue weighted by Crippen LogP contribution is -2.57. The predicted molar refractivity (Wildman–Crippen MR) is 134 cm³/mol. The molecule has 0 spiro atoms. The van der Waals surface area contributed by atoms with Crippen LogP contribution in [0.5, 0.6) is 0 Å². The van der Waals surface area contributed by atoms with Crippen LogP contribution in [0.4, 0.5) is 13.6 Å². The number of amides is 2. The van der Waals surface area contributed by atoms with Gasteiger partial charge in [-0.2, -0.15) is 0 Å². The number of aliphatic hydroxyl groups is 2. The molecule has 4 N–H and O–H groups in total. The largest absolute Gasteiger partial charge is 0.391 e. The van der Waals surface area contributed by atoms with Gasteiger partial charge in [0.05, 0.1) is 17.7 Å². The first kappa shape index (κ1) is 28.8. The minimum absolute atomic E-state index is 0.0584. The van der Waals surface area contributed by atoms with Gasteiger partial charge in [-0.3, -0.25) is 0 Å². The molecule has 7 nitrogen and oxygen atoms in total. The van der Waals surface area contributed by atoms with E-state index in [2.05, 4.69) is 10.6 Å². The maximum atomic E-state index is 14.9. The van der Waals surface area contributed by atoms with Gasteiger partial charge in [-0.25, -0.2) is 13.6 Å². The van der Waals surface area contributed by atoms with Crippen molar-refractivity contribution < 1.29 is 28.5 Å². The number of nitrogens with one attached hydrogen (secondary N) is 2. The Bertz CT molecular complexity index is 839. The molecule has 0 radical (unpaired) electrons. The maximum absolute atomic E-state index is 14.9. The Morgan fingerprint density at radius 3 is 2.67 bits per heavy atom. The molecule has 1 heterocycles. The molecule has 1 aliphatic heterocycles. The number of halogens is 2. The van der Waals surface area contributed by atoms with E-state index in [0.717, 1.165) is 31.7 Å². The van der Waals surface area contributed by atoms with Gasteiger partial charge in [0.25, 0.3) is 0 Å². The number of benzene rings is 1. The second-order valence-electron chi connectivity index (χ2n) is 10.4. The average molecular weight is 512 g/mol. The molecule has 4 unspecified atom stereocenters. The molecule has 9 heteroatoms. The van der Waals surface area contributed by atoms with Crippen molar-refractivity contribution in [2.24, 2.45) is 11.8 Å². The average Bonchev–Trinajstić information content (AvgIpc) is 3.42. The molecule has 2 fully saturated rings. The number of methoxy groups -OCH3 is 1. The molecule has 3 rings (SSSR count). The summed E-state index contributed by atoms with van der Waals surface area (Å²) in [6.07, 6.45) is 6.17. The Morgan fingerprint density at radius 2 is 1.97 bits per heavy atom. The number of urea groups is 1. The van der Waals surface area contributed by atoms with Gasteiger partial charge in [0, 0.05) is 44.8 Å². The highest BCUT2D eigenvalue weighted by molar-refractivity contribution is 5.74. The third-order valence-electron chi connectivity index (χ3n) is 7.99. The number of likely N-dealkylation sites (N-methyl/N-ethyl adjacent to an activating group) is 1. The van der Waals surface area contributed by atoms with Crippen LogP contribution in [0, 0.1) is 23.5 Å². The van der Waals surface area contributed by atoms with E-state index in [4.69, 9.17) is 4.74 Å². The van der Waals surface area contributed by atoms with Crippen molar-refractivity contribution in [3.05, 3.63) is 35.4 Å². The number of nitrogens with zero attached hydrogens (tertiary/aromatic N) is 1. The summed E-state index contributed by atoms with van der Waals surface area (Å²) in [5.74, 6) is -2.32. The number of hydrogen-bond acceptors (Lipinski definition) is 5. The van der Waals surface area contributed by atoms with E-state index < -0.39 is 35.3 Å². The van der Waals surface area contributed by atoms with Crippen molar-refractivity contribution in [1.29, 1.82) is 0 Å². The summed E-state index contributed by atoms with van der Waals surface area (Å²) in [5.41, 5.74) is -1.68. The molecule has 0 aromatic heterocycles. The molecule has 1 aromatic carbocycles. The number of likely N-dealkylation sites (tertiary alicyclic amines) is 1. The highest BCUT2D eigenvalue weighted by atomic mass is 19.2. The minimum atomic E-state index is -1.62. The van der Waals surface area contributed by atoms with Gasteiger partial charge in [-0.1, -0.05) is 25.0 Å². The third-order valence-corrected chi connectivity index (χ3v) is 7.99. The molecule has 4 atom stereocenters. The Hall–Kier alpha value is -1.81. The van der Waals surface area contributed by atoms with Crippen molar-refractivity contribution in [1.82, 2.24) is 15.5 Å². The van der Waals surface area contributed by atoms with Crippen molar-refractivity contribution in [3.8, 4) is 0 Å². The first-order valence-corrected chi connectivity index (χ1v) is 13.4. The van der Waals surface area contributed by atoms with Crippen molar-refractivity contribution in [3.63, 3.8) is 0 Å². The summed E-state index contributed by atoms with van der Waals surface area (Å²) < 4.78 is 34.1. The number of aliphatic hydroxyl groups excluding tert-OH is 1. The SMILES string of the molecule is CNCC(NC(=O)N1CCCC(C(O)(CCCCOC)c2cccc(F)c2F)C1)C(O)C1CCCC1. The van der Waals surface area contributed by atoms with E-state index in [1.807, 2.05) is 0 Å². The third kappa shape index (κ3) is 6.94. The fourth-order valence-corrected chi connectivity index (χ4v) is 5.94. The van der Waals surface area contributed by atoms with Crippen LogP contribution in [0.25, 0.3) is 0 Å². The molecule has 0 bridgehead atoms. The molecule has 1 aliphatic carbocycles. The fourth-order valence-electron chi connectivity index (χ4n) is 5.94. The number of carbonyl (C=O) groups excluding carboxylic acids is 1. The lowest BCUT2D eigenvalue weighted by molar-refractivity contribution is -0.0594. The van der Waals surface area contributed by atoms with Crippen LogP contribution in [-0.4, -0.2) is 73.7 Å². The second-order valence-corrected chi connectivity index (χ2v) is 10.4. The minimum Gasteiger partial charge on any atom is -0.391 e. The van der Waals surface area contributed by atoms with Gasteiger partial charge in [0.2, 0.25) is 0 Å². The van der Waals surface area contributed by atoms with Crippen LogP contribution < -0.4 is 10.6 Å². The van der Waals surface area contributed by atoms with Gasteiger partial charge >= 0.3 is 6.03 Å². The number of ether oxygens (including phenoxy) is 1. The summed E-state index contributed by atoms with van der Waals surface area (Å²) in [6.45, 7) is 1.67. The Kier molecular flexibility index (Phi) is 10.9. The van der Waals surface area contributed by atoms with Crippen LogP contribution in [-0.2, 0) is 10.3 Å². The highest BCUT2D eigenvalue weighted by Gasteiger charge is 2.43. The second kappa shape index (κ2) is 13.7. The number of piperidine rings is 1. The van der Waals surface area contributed by atoms with E-state index in [0.29, 0.717) is 45.4 Å². The molecule has 204 valence electrons. The van der Waals surface area contributed by atoms with Crippen LogP contribution in [0.3, 0.4) is 0 Å². The number of rotatable bonds is 12. The smallest absolute Gasteiger partial charge is 0.317 e. The topological polar surface area (TPSA) is 94.1 Å². The molecule has 1 saturated heterocycles. The number of unbranched alkanes of at least 4 members (excludes halogenated alkanes) is 1. The zero-order valence-corrected chi connectivity index (χ0v) is 21.6. The van der Waals surface area contributed by atoms with E-state index >= 15 is 0 Å². The highest BCUT2D eigenvalue weighted by Crippen LogP contribution is 2.41. The van der Waals surface area contributed by atoms with Crippen LogP contribution in [0.2, 0.25) is 0 Å². The van der Waals surface area contributed by atoms with Crippen LogP contribution in [0.15, 0.2) is 18.2 Å². The lowest BCUT2D eigenvalue weighted by atomic mass is 9.74. The van der Waals surface area contributed by atoms with Crippen molar-refractivity contribution in [2.75, 3.05) is 40.4 Å². The summed E-state index contributed by atoms with van der Waals surface area (Å²) in [4.78, 5) is 14.9. The normalized spacial score (nSPS) is 22.3. The molecule has 36 heavy (non-hydrogen) atoms. The van der Waals surface area contributed by atoms with Crippen LogP contribution >= 0.6 is 0 Å². The zero-order valence-electron chi connectivity index (χ0n) is 21.6. The molecular weight excluding hydrogens is 468 g/mol. The molecule has 2 aliphatic rings. The van der Waals surface area contributed by atoms with E-state index in [-0.39, 0.29) is 30.5 Å². The summed E-state index contributed by atoms with van der Waals surface area (Å²) in [5, 5.41) is 28.8. The standard InChI is InChI=1S/C27H43F2N3O4/c1-30-17-23(25(33)19-9-3-4-10-19)31-26(34)32-15-8-11-20(18-32)27(35,14-5-6-16-36-2)21-12-7-13-22(28)24(21)29/h7,12-13,19-20,23,25,30,33,35H,3-6,8-11,14-18H2,1-2H3,(H,31,34). The predicted octanol–water partition coefficient (Wildman–Crippen LogP) is 3.53. The van der Waals surface area contributed by atoms with Gasteiger partial charge in [-0.15, -0.1) is 0 Å². The fraction of sp³-hybridized carbons (Fsp3) is 0.741. The van der Waals surface area contributed by atoms with Gasteiger partial charge in [-0.05, 0) is 64.0 Å². The van der Waals surface area contributed by atoms with Gasteiger partial charge in [0.15, 0.2) is 11.6 Å². The van der Waals surface area contributed by atoms with E-state index in [1.165, 1.54) is 12.1 Å². The summed E-state index contributed by atoms with van der Waals surface area (Å²) in [6, 6.07) is 3.16. The van der Waals surface area contributed by atoms with E-state index in [1.54, 1.807) is 19.1 Å². The zero-order chi connectivity index (χ0) is 26.1. The molecule has 2 amide bonds. The molecular formula is C27H43F2N3O4. The molecule has 1 saturated carbocycles. The summed E-state index contributed by atoms with van der Waals surface area (Å²) in [7, 11) is 3.38. The van der Waals surface area contributed by atoms with Gasteiger partial charge < -0.3 is 30.5 Å². The van der Waals surface area contributed by atoms with Crippen molar-refractivity contribution >= 4 is 6.03 Å². The first-order valence-electron chi connectivity index (χ1n) is 13.4. The summed E-state index contributed by atoms with van der Waals surface area (Å²) >= 11 is 0. The Morgan fingerprint density at radius 1 is 1.22 bits per heavy atom. The number of carbonyl (C=O) groups is 1. The van der Waals surface area contributed by atoms with E-state index in [9.17, 15) is 23.8 Å².